The second-order valence-electron chi connectivity index (χ2n) is 6.24. The highest BCUT2D eigenvalue weighted by Crippen LogP contribution is 2.05. The summed E-state index contributed by atoms with van der Waals surface area (Å²) in [5.74, 6) is 0.819. The highest BCUT2D eigenvalue weighted by Gasteiger charge is 2.18. The number of rotatable bonds is 7. The van der Waals surface area contributed by atoms with Gasteiger partial charge < -0.3 is 10.2 Å². The van der Waals surface area contributed by atoms with E-state index in [1.807, 2.05) is 18.2 Å². The molecule has 0 amide bonds. The van der Waals surface area contributed by atoms with Gasteiger partial charge in [-0.15, -0.1) is 24.0 Å². The molecule has 2 N–H and O–H groups in total. The molecule has 0 aromatic heterocycles. The smallest absolute Gasteiger partial charge is 0.208 e. The van der Waals surface area contributed by atoms with Crippen molar-refractivity contribution in [3.8, 4) is 0 Å². The lowest BCUT2D eigenvalue weighted by Crippen LogP contribution is -2.53. The van der Waals surface area contributed by atoms with Gasteiger partial charge in [-0.1, -0.05) is 42.5 Å². The normalized spacial score (nSPS) is 16.4. The third-order valence-electron chi connectivity index (χ3n) is 4.13. The van der Waals surface area contributed by atoms with Crippen molar-refractivity contribution in [3.05, 3.63) is 42.0 Å². The van der Waals surface area contributed by atoms with Crippen molar-refractivity contribution in [2.24, 2.45) is 4.99 Å². The van der Waals surface area contributed by atoms with Gasteiger partial charge in [-0.3, -0.25) is 9.89 Å². The molecule has 0 aliphatic carbocycles. The van der Waals surface area contributed by atoms with Crippen LogP contribution in [0.15, 0.2) is 41.4 Å². The maximum atomic E-state index is 11.1. The fourth-order valence-electron chi connectivity index (χ4n) is 2.79. The Balaban J connectivity index is 0.00000364. The second kappa shape index (κ2) is 12.3. The SMILES string of the molecule is CN=C(NCCNS(C)(=O)=O)N1CCN(C/C=C/c2ccccc2)CC1.I. The van der Waals surface area contributed by atoms with E-state index in [0.717, 1.165) is 44.9 Å². The van der Waals surface area contributed by atoms with Gasteiger partial charge in [-0.05, 0) is 5.56 Å². The number of nitrogens with zero attached hydrogens (tertiary/aromatic N) is 3. The van der Waals surface area contributed by atoms with Gasteiger partial charge in [0.1, 0.15) is 0 Å². The third kappa shape index (κ3) is 9.54. The summed E-state index contributed by atoms with van der Waals surface area (Å²) in [6.07, 6.45) is 5.52. The molecule has 9 heteroatoms. The van der Waals surface area contributed by atoms with Crippen molar-refractivity contribution >= 4 is 46.0 Å². The second-order valence-corrected chi connectivity index (χ2v) is 8.07. The fourth-order valence-corrected chi connectivity index (χ4v) is 3.26. The van der Waals surface area contributed by atoms with E-state index in [2.05, 4.69) is 49.1 Å². The highest BCUT2D eigenvalue weighted by molar-refractivity contribution is 14.0. The molecule has 1 aromatic carbocycles. The molecule has 1 aliphatic rings. The van der Waals surface area contributed by atoms with Crippen LogP contribution in [0.25, 0.3) is 6.08 Å². The molecule has 0 saturated carbocycles. The summed E-state index contributed by atoms with van der Waals surface area (Å²) in [6.45, 7) is 5.55. The quantitative estimate of drug-likeness (QED) is 0.250. The van der Waals surface area contributed by atoms with Crippen LogP contribution < -0.4 is 10.0 Å². The molecular formula is C18H30IN5O2S. The summed E-state index contributed by atoms with van der Waals surface area (Å²) in [7, 11) is -1.40. The van der Waals surface area contributed by atoms with E-state index in [4.69, 9.17) is 0 Å². The van der Waals surface area contributed by atoms with Crippen LogP contribution in [-0.4, -0.2) is 83.3 Å². The number of sulfonamides is 1. The third-order valence-corrected chi connectivity index (χ3v) is 4.86. The highest BCUT2D eigenvalue weighted by atomic mass is 127. The number of benzene rings is 1. The van der Waals surface area contributed by atoms with Crippen molar-refractivity contribution in [1.82, 2.24) is 19.8 Å². The van der Waals surface area contributed by atoms with Gasteiger partial charge in [-0.2, -0.15) is 0 Å². The zero-order valence-corrected chi connectivity index (χ0v) is 19.1. The minimum atomic E-state index is -3.15. The number of guanidine groups is 1. The van der Waals surface area contributed by atoms with E-state index in [1.54, 1.807) is 7.05 Å². The predicted molar refractivity (Wildman–Crippen MR) is 123 cm³/mol. The van der Waals surface area contributed by atoms with Gasteiger partial charge in [0.2, 0.25) is 10.0 Å². The van der Waals surface area contributed by atoms with Crippen molar-refractivity contribution in [3.63, 3.8) is 0 Å². The van der Waals surface area contributed by atoms with E-state index in [-0.39, 0.29) is 24.0 Å². The number of nitrogens with one attached hydrogen (secondary N) is 2. The molecule has 1 saturated heterocycles. The lowest BCUT2D eigenvalue weighted by molar-refractivity contribution is 0.194. The van der Waals surface area contributed by atoms with Crippen LogP contribution >= 0.6 is 24.0 Å². The Kier molecular flexibility index (Phi) is 10.9. The maximum absolute atomic E-state index is 11.1. The zero-order valence-electron chi connectivity index (χ0n) is 16.0. The molecular weight excluding hydrogens is 477 g/mol. The first-order valence-corrected chi connectivity index (χ1v) is 10.7. The first-order valence-electron chi connectivity index (χ1n) is 8.82. The van der Waals surface area contributed by atoms with Crippen LogP contribution in [0.2, 0.25) is 0 Å². The molecule has 7 nitrogen and oxygen atoms in total. The molecule has 0 atom stereocenters. The number of aliphatic imine (C=N–C) groups is 1. The first kappa shape index (κ1) is 23.9. The van der Waals surface area contributed by atoms with Gasteiger partial charge in [0.05, 0.1) is 6.26 Å². The van der Waals surface area contributed by atoms with E-state index in [1.165, 1.54) is 5.56 Å². The number of hydrogen-bond acceptors (Lipinski definition) is 4. The van der Waals surface area contributed by atoms with E-state index in [9.17, 15) is 8.42 Å². The van der Waals surface area contributed by atoms with Crippen LogP contribution in [0.3, 0.4) is 0 Å². The molecule has 152 valence electrons. The maximum Gasteiger partial charge on any atom is 0.208 e. The van der Waals surface area contributed by atoms with Crippen LogP contribution in [0.5, 0.6) is 0 Å². The zero-order chi connectivity index (χ0) is 18.8. The van der Waals surface area contributed by atoms with Gasteiger partial charge in [0, 0.05) is 52.9 Å². The topological polar surface area (TPSA) is 77.0 Å². The van der Waals surface area contributed by atoms with Crippen LogP contribution in [0.1, 0.15) is 5.56 Å². The monoisotopic (exact) mass is 507 g/mol. The van der Waals surface area contributed by atoms with Gasteiger partial charge in [-0.25, -0.2) is 13.1 Å². The van der Waals surface area contributed by atoms with E-state index in [0.29, 0.717) is 13.1 Å². The first-order chi connectivity index (χ1) is 12.5. The minimum absolute atomic E-state index is 0. The Bertz CT molecular complexity index is 702. The van der Waals surface area contributed by atoms with E-state index < -0.39 is 10.0 Å². The number of piperazine rings is 1. The summed E-state index contributed by atoms with van der Waals surface area (Å²) >= 11 is 0. The molecule has 1 aromatic rings. The molecule has 1 fully saturated rings. The predicted octanol–water partition coefficient (Wildman–Crippen LogP) is 1.06. The average Bonchev–Trinajstić information content (AvgIpc) is 2.63. The van der Waals surface area contributed by atoms with Crippen molar-refractivity contribution in [1.29, 1.82) is 0 Å². The van der Waals surface area contributed by atoms with Crippen LogP contribution in [0, 0.1) is 0 Å². The largest absolute Gasteiger partial charge is 0.355 e. The van der Waals surface area contributed by atoms with Crippen LogP contribution in [0.4, 0.5) is 0 Å². The number of halogens is 1. The Morgan fingerprint density at radius 3 is 2.41 bits per heavy atom. The van der Waals surface area contributed by atoms with E-state index >= 15 is 0 Å². The Hall–Kier alpha value is -1.17. The van der Waals surface area contributed by atoms with Gasteiger partial charge in [0.15, 0.2) is 5.96 Å². The number of hydrogen-bond donors (Lipinski definition) is 2. The molecule has 1 aliphatic heterocycles. The fraction of sp³-hybridized carbons (Fsp3) is 0.500. The van der Waals surface area contributed by atoms with Crippen molar-refractivity contribution in [2.75, 3.05) is 59.1 Å². The lowest BCUT2D eigenvalue weighted by Gasteiger charge is -2.36. The summed E-state index contributed by atoms with van der Waals surface area (Å²) in [6, 6.07) is 10.3. The molecule has 0 unspecified atom stereocenters. The van der Waals surface area contributed by atoms with Gasteiger partial charge in [0.25, 0.3) is 0 Å². The Morgan fingerprint density at radius 1 is 1.15 bits per heavy atom. The summed E-state index contributed by atoms with van der Waals surface area (Å²) in [5.41, 5.74) is 1.22. The van der Waals surface area contributed by atoms with Crippen molar-refractivity contribution < 1.29 is 8.42 Å². The molecule has 2 rings (SSSR count). The Morgan fingerprint density at radius 2 is 1.81 bits per heavy atom. The lowest BCUT2D eigenvalue weighted by atomic mass is 10.2. The summed E-state index contributed by atoms with van der Waals surface area (Å²) in [4.78, 5) is 8.91. The van der Waals surface area contributed by atoms with Crippen LogP contribution in [-0.2, 0) is 10.0 Å². The van der Waals surface area contributed by atoms with Gasteiger partial charge >= 0.3 is 0 Å². The summed E-state index contributed by atoms with van der Waals surface area (Å²) < 4.78 is 24.6. The average molecular weight is 507 g/mol. The molecule has 0 spiro atoms. The minimum Gasteiger partial charge on any atom is -0.355 e. The standard InChI is InChI=1S/C18H29N5O2S.HI/c1-19-18(20-10-11-21-26(2,24)25)23-15-13-22(14-16-23)12-6-9-17-7-4-3-5-8-17;/h3-9,21H,10-16H2,1-2H3,(H,19,20);1H/b9-6+;. The molecule has 27 heavy (non-hydrogen) atoms. The van der Waals surface area contributed by atoms with Crippen molar-refractivity contribution in [2.45, 2.75) is 0 Å². The Labute approximate surface area is 180 Å². The molecule has 0 radical (unpaired) electrons. The summed E-state index contributed by atoms with van der Waals surface area (Å²) in [5, 5.41) is 3.21. The molecule has 1 heterocycles. The molecule has 0 bridgehead atoms.